The van der Waals surface area contributed by atoms with E-state index in [9.17, 15) is 0 Å². The highest BCUT2D eigenvalue weighted by Crippen LogP contribution is 2.50. The van der Waals surface area contributed by atoms with Gasteiger partial charge in [0.25, 0.3) is 0 Å². The number of rotatable bonds is 2. The molecule has 3 heteroatoms. The minimum absolute atomic E-state index is 0.128. The third-order valence-electron chi connectivity index (χ3n) is 6.55. The zero-order chi connectivity index (χ0) is 21.9. The molecule has 0 bridgehead atoms. The average molecular weight is 433 g/mol. The first kappa shape index (κ1) is 19.2. The molecule has 0 atom stereocenters. The molecule has 2 nitrogen and oxygen atoms in total. The Labute approximate surface area is 192 Å². The van der Waals surface area contributed by atoms with Crippen LogP contribution in [0.1, 0.15) is 25.0 Å². The summed E-state index contributed by atoms with van der Waals surface area (Å²) in [6.07, 6.45) is 0. The van der Waals surface area contributed by atoms with Crippen LogP contribution < -0.4 is 0 Å². The Hall–Kier alpha value is -3.49. The van der Waals surface area contributed by atoms with Gasteiger partial charge in [-0.05, 0) is 46.5 Å². The lowest BCUT2D eigenvalue weighted by atomic mass is 9.81. The fourth-order valence-corrected chi connectivity index (χ4v) is 5.04. The molecular formula is C29H21ClN2. The Morgan fingerprint density at radius 1 is 0.656 bits per heavy atom. The molecule has 0 unspecified atom stereocenters. The van der Waals surface area contributed by atoms with Crippen molar-refractivity contribution in [2.45, 2.75) is 19.3 Å². The number of aromatic nitrogens is 2. The number of nitrogens with zero attached hydrogens (tertiary/aromatic N) is 2. The lowest BCUT2D eigenvalue weighted by molar-refractivity contribution is 0.660. The first-order valence-corrected chi connectivity index (χ1v) is 11.2. The van der Waals surface area contributed by atoms with Crippen LogP contribution in [0.2, 0.25) is 5.02 Å². The van der Waals surface area contributed by atoms with Crippen LogP contribution >= 0.6 is 11.6 Å². The molecule has 0 N–H and O–H groups in total. The van der Waals surface area contributed by atoms with Crippen molar-refractivity contribution in [2.75, 3.05) is 0 Å². The van der Waals surface area contributed by atoms with E-state index in [1.54, 1.807) is 0 Å². The highest BCUT2D eigenvalue weighted by Gasteiger charge is 2.35. The monoisotopic (exact) mass is 432 g/mol. The van der Waals surface area contributed by atoms with Crippen molar-refractivity contribution in [2.24, 2.45) is 0 Å². The minimum atomic E-state index is -0.128. The largest absolute Gasteiger partial charge is 0.228 e. The molecule has 0 spiro atoms. The van der Waals surface area contributed by atoms with Crippen molar-refractivity contribution < 1.29 is 0 Å². The molecule has 6 rings (SSSR count). The molecule has 5 aromatic rings. The molecule has 4 aromatic carbocycles. The maximum atomic E-state index is 6.34. The van der Waals surface area contributed by atoms with Crippen LogP contribution in [0.15, 0.2) is 91.0 Å². The number of benzene rings is 4. The van der Waals surface area contributed by atoms with Crippen molar-refractivity contribution >= 4 is 22.5 Å². The number of fused-ring (bicyclic) bond motifs is 4. The topological polar surface area (TPSA) is 25.8 Å². The zero-order valence-corrected chi connectivity index (χ0v) is 18.7. The summed E-state index contributed by atoms with van der Waals surface area (Å²) in [4.78, 5) is 9.89. The van der Waals surface area contributed by atoms with Crippen molar-refractivity contribution in [3.63, 3.8) is 0 Å². The van der Waals surface area contributed by atoms with E-state index in [2.05, 4.69) is 68.4 Å². The van der Waals surface area contributed by atoms with E-state index in [0.717, 1.165) is 38.6 Å². The summed E-state index contributed by atoms with van der Waals surface area (Å²) in [7, 11) is 0. The lowest BCUT2D eigenvalue weighted by Crippen LogP contribution is -2.15. The van der Waals surface area contributed by atoms with Crippen LogP contribution in [0.25, 0.3) is 44.7 Å². The van der Waals surface area contributed by atoms with E-state index in [4.69, 9.17) is 21.6 Å². The van der Waals surface area contributed by atoms with Gasteiger partial charge in [0.15, 0.2) is 5.82 Å². The Balaban J connectivity index is 1.59. The van der Waals surface area contributed by atoms with E-state index in [1.165, 1.54) is 22.3 Å². The van der Waals surface area contributed by atoms with Crippen LogP contribution in [0.4, 0.5) is 0 Å². The molecule has 0 fully saturated rings. The van der Waals surface area contributed by atoms with Gasteiger partial charge in [0.2, 0.25) is 0 Å². The van der Waals surface area contributed by atoms with Gasteiger partial charge < -0.3 is 0 Å². The van der Waals surface area contributed by atoms with E-state index in [1.807, 2.05) is 36.4 Å². The Morgan fingerprint density at radius 2 is 1.34 bits per heavy atom. The number of para-hydroxylation sites is 1. The number of hydrogen-bond donors (Lipinski definition) is 0. The van der Waals surface area contributed by atoms with Gasteiger partial charge in [0, 0.05) is 27.0 Å². The van der Waals surface area contributed by atoms with Crippen molar-refractivity contribution in [3.8, 4) is 33.8 Å². The second kappa shape index (κ2) is 7.01. The number of halogens is 1. The first-order valence-electron chi connectivity index (χ1n) is 10.8. The molecule has 0 saturated heterocycles. The van der Waals surface area contributed by atoms with E-state index in [0.29, 0.717) is 0 Å². The molecule has 1 heterocycles. The van der Waals surface area contributed by atoms with Crippen LogP contribution in [0.5, 0.6) is 0 Å². The van der Waals surface area contributed by atoms with Crippen LogP contribution in [0, 0.1) is 0 Å². The summed E-state index contributed by atoms with van der Waals surface area (Å²) in [5, 5.41) is 1.84. The quantitative estimate of drug-likeness (QED) is 0.283. The van der Waals surface area contributed by atoms with Gasteiger partial charge in [-0.25, -0.2) is 9.97 Å². The minimum Gasteiger partial charge on any atom is -0.228 e. The molecule has 1 aliphatic carbocycles. The predicted octanol–water partition coefficient (Wildman–Crippen LogP) is 7.92. The fourth-order valence-electron chi connectivity index (χ4n) is 4.87. The fraction of sp³-hybridized carbons (Fsp3) is 0.103. The van der Waals surface area contributed by atoms with Crippen molar-refractivity contribution in [3.05, 3.63) is 107 Å². The Kier molecular flexibility index (Phi) is 4.21. The maximum absolute atomic E-state index is 6.34. The van der Waals surface area contributed by atoms with Gasteiger partial charge in [-0.1, -0.05) is 92.2 Å². The van der Waals surface area contributed by atoms with Crippen LogP contribution in [-0.4, -0.2) is 9.97 Å². The van der Waals surface area contributed by atoms with Gasteiger partial charge in [0.05, 0.1) is 11.2 Å². The number of hydrogen-bond acceptors (Lipinski definition) is 2. The van der Waals surface area contributed by atoms with Gasteiger partial charge in [-0.2, -0.15) is 0 Å². The lowest BCUT2D eigenvalue weighted by Gasteiger charge is -2.22. The third kappa shape index (κ3) is 2.87. The second-order valence-electron chi connectivity index (χ2n) is 8.85. The highest BCUT2D eigenvalue weighted by atomic mass is 35.5. The van der Waals surface area contributed by atoms with E-state index < -0.39 is 0 Å². The summed E-state index contributed by atoms with van der Waals surface area (Å²) in [5.74, 6) is 0.745. The molecule has 0 amide bonds. The van der Waals surface area contributed by atoms with Gasteiger partial charge in [-0.15, -0.1) is 0 Å². The first-order chi connectivity index (χ1) is 15.5. The van der Waals surface area contributed by atoms with Gasteiger partial charge in [0.1, 0.15) is 0 Å². The molecule has 0 radical (unpaired) electrons. The van der Waals surface area contributed by atoms with E-state index in [-0.39, 0.29) is 5.41 Å². The second-order valence-corrected chi connectivity index (χ2v) is 9.29. The zero-order valence-electron chi connectivity index (χ0n) is 17.9. The summed E-state index contributed by atoms with van der Waals surface area (Å²) in [6, 6.07) is 31.3. The summed E-state index contributed by atoms with van der Waals surface area (Å²) >= 11 is 6.34. The molecule has 154 valence electrons. The van der Waals surface area contributed by atoms with Gasteiger partial charge in [-0.3, -0.25) is 0 Å². The van der Waals surface area contributed by atoms with Crippen LogP contribution in [-0.2, 0) is 5.41 Å². The average Bonchev–Trinajstić information content (AvgIpc) is 3.05. The molecule has 0 saturated carbocycles. The smallest absolute Gasteiger partial charge is 0.160 e. The molecule has 1 aliphatic rings. The SMILES string of the molecule is CC1(C)c2cc(Cl)ccc2-c2ccc(-c3nc(-c4ccccc4)nc4ccccc34)cc21. The summed E-state index contributed by atoms with van der Waals surface area (Å²) < 4.78 is 0. The van der Waals surface area contributed by atoms with Crippen molar-refractivity contribution in [1.82, 2.24) is 9.97 Å². The normalized spacial score (nSPS) is 13.7. The third-order valence-corrected chi connectivity index (χ3v) is 6.78. The van der Waals surface area contributed by atoms with Crippen LogP contribution in [0.3, 0.4) is 0 Å². The molecule has 32 heavy (non-hydrogen) atoms. The molecule has 1 aromatic heterocycles. The van der Waals surface area contributed by atoms with Gasteiger partial charge >= 0.3 is 0 Å². The highest BCUT2D eigenvalue weighted by molar-refractivity contribution is 6.30. The Bertz CT molecular complexity index is 1500. The standard InChI is InChI=1S/C29H21ClN2/c1-29(2)24-16-19(12-14-21(24)22-15-13-20(30)17-25(22)29)27-23-10-6-7-11-26(23)31-28(32-27)18-8-4-3-5-9-18/h3-17H,1-2H3. The van der Waals surface area contributed by atoms with Crippen molar-refractivity contribution in [1.29, 1.82) is 0 Å². The summed E-state index contributed by atoms with van der Waals surface area (Å²) in [5.41, 5.74) is 9.01. The molecular weight excluding hydrogens is 412 g/mol. The van der Waals surface area contributed by atoms with E-state index >= 15 is 0 Å². The predicted molar refractivity (Wildman–Crippen MR) is 133 cm³/mol. The summed E-state index contributed by atoms with van der Waals surface area (Å²) in [6.45, 7) is 4.54. The molecule has 0 aliphatic heterocycles. The maximum Gasteiger partial charge on any atom is 0.160 e. The Morgan fingerprint density at radius 3 is 2.16 bits per heavy atom.